The minimum atomic E-state index is -0.207. The molecule has 2 aliphatic rings. The standard InChI is InChI=1S/C23H25BrN2O4/c1-15(17-5-6-17)25(12-16-3-8-19(29-2)9-4-16)22(27)13-26-20-10-7-18(24)11-21(20)30-14-23(26)28/h3-4,7-11,15,17H,5-6,12-14H2,1-2H3. The third-order valence-corrected chi connectivity index (χ3v) is 6.28. The van der Waals surface area contributed by atoms with E-state index in [-0.39, 0.29) is 31.0 Å². The van der Waals surface area contributed by atoms with Crippen LogP contribution in [-0.4, -0.2) is 43.0 Å². The van der Waals surface area contributed by atoms with Gasteiger partial charge >= 0.3 is 0 Å². The summed E-state index contributed by atoms with van der Waals surface area (Å²) < 4.78 is 11.6. The summed E-state index contributed by atoms with van der Waals surface area (Å²) in [6.07, 6.45) is 2.28. The molecular formula is C23H25BrN2O4. The molecule has 1 aliphatic carbocycles. The molecular weight excluding hydrogens is 448 g/mol. The third kappa shape index (κ3) is 4.46. The molecule has 1 heterocycles. The van der Waals surface area contributed by atoms with Crippen molar-refractivity contribution < 1.29 is 19.1 Å². The average molecular weight is 473 g/mol. The molecule has 0 spiro atoms. The lowest BCUT2D eigenvalue weighted by molar-refractivity contribution is -0.134. The fourth-order valence-corrected chi connectivity index (χ4v) is 4.14. The number of methoxy groups -OCH3 is 1. The van der Waals surface area contributed by atoms with E-state index in [1.807, 2.05) is 47.4 Å². The van der Waals surface area contributed by atoms with Crippen LogP contribution >= 0.6 is 15.9 Å². The zero-order chi connectivity index (χ0) is 21.3. The summed E-state index contributed by atoms with van der Waals surface area (Å²) in [4.78, 5) is 29.4. The van der Waals surface area contributed by atoms with E-state index in [1.54, 1.807) is 7.11 Å². The molecule has 2 aromatic rings. The monoisotopic (exact) mass is 472 g/mol. The summed E-state index contributed by atoms with van der Waals surface area (Å²) in [5.74, 6) is 1.65. The maximum atomic E-state index is 13.4. The Hall–Kier alpha value is -2.54. The molecule has 1 aliphatic heterocycles. The molecule has 0 saturated heterocycles. The highest BCUT2D eigenvalue weighted by atomic mass is 79.9. The Kier molecular flexibility index (Phi) is 5.99. The third-order valence-electron chi connectivity index (χ3n) is 5.79. The van der Waals surface area contributed by atoms with Crippen LogP contribution in [0.25, 0.3) is 0 Å². The van der Waals surface area contributed by atoms with Crippen LogP contribution in [0.15, 0.2) is 46.9 Å². The highest BCUT2D eigenvalue weighted by molar-refractivity contribution is 9.10. The van der Waals surface area contributed by atoms with Crippen molar-refractivity contribution in [3.63, 3.8) is 0 Å². The SMILES string of the molecule is COc1ccc(CN(C(=O)CN2C(=O)COc3cc(Br)ccc32)C(C)C2CC2)cc1. The zero-order valence-electron chi connectivity index (χ0n) is 17.1. The second-order valence-electron chi connectivity index (χ2n) is 7.83. The zero-order valence-corrected chi connectivity index (χ0v) is 18.7. The lowest BCUT2D eigenvalue weighted by atomic mass is 10.1. The van der Waals surface area contributed by atoms with Crippen molar-refractivity contribution in [2.45, 2.75) is 32.4 Å². The van der Waals surface area contributed by atoms with Crippen LogP contribution in [0.1, 0.15) is 25.3 Å². The van der Waals surface area contributed by atoms with Crippen LogP contribution in [0.2, 0.25) is 0 Å². The molecule has 1 fully saturated rings. The fourth-order valence-electron chi connectivity index (χ4n) is 3.80. The van der Waals surface area contributed by atoms with Crippen LogP contribution in [0.4, 0.5) is 5.69 Å². The molecule has 0 N–H and O–H groups in total. The number of hydrogen-bond donors (Lipinski definition) is 0. The van der Waals surface area contributed by atoms with Gasteiger partial charge in [0.25, 0.3) is 5.91 Å². The Morgan fingerprint density at radius 3 is 2.67 bits per heavy atom. The number of amides is 2. The van der Waals surface area contributed by atoms with Gasteiger partial charge in [-0.3, -0.25) is 14.5 Å². The highest BCUT2D eigenvalue weighted by Crippen LogP contribution is 2.37. The Morgan fingerprint density at radius 1 is 1.27 bits per heavy atom. The van der Waals surface area contributed by atoms with Gasteiger partial charge in [0.05, 0.1) is 12.8 Å². The van der Waals surface area contributed by atoms with Gasteiger partial charge < -0.3 is 14.4 Å². The molecule has 1 saturated carbocycles. The van der Waals surface area contributed by atoms with E-state index in [2.05, 4.69) is 22.9 Å². The van der Waals surface area contributed by atoms with Crippen molar-refractivity contribution in [2.24, 2.45) is 5.92 Å². The van der Waals surface area contributed by atoms with Gasteiger partial charge in [0.15, 0.2) is 6.61 Å². The van der Waals surface area contributed by atoms with Gasteiger partial charge in [-0.25, -0.2) is 0 Å². The van der Waals surface area contributed by atoms with Crippen molar-refractivity contribution in [3.05, 3.63) is 52.5 Å². The maximum Gasteiger partial charge on any atom is 0.265 e. The van der Waals surface area contributed by atoms with Crippen LogP contribution < -0.4 is 14.4 Å². The second kappa shape index (κ2) is 8.68. The second-order valence-corrected chi connectivity index (χ2v) is 8.74. The molecule has 6 nitrogen and oxygen atoms in total. The normalized spacial score (nSPS) is 16.5. The molecule has 2 amide bonds. The van der Waals surface area contributed by atoms with E-state index in [9.17, 15) is 9.59 Å². The Morgan fingerprint density at radius 2 is 2.00 bits per heavy atom. The molecule has 30 heavy (non-hydrogen) atoms. The summed E-state index contributed by atoms with van der Waals surface area (Å²) in [6.45, 7) is 2.55. The van der Waals surface area contributed by atoms with Gasteiger partial charge in [-0.1, -0.05) is 28.1 Å². The number of halogens is 1. The Balaban J connectivity index is 1.55. The number of fused-ring (bicyclic) bond motifs is 1. The van der Waals surface area contributed by atoms with Gasteiger partial charge in [-0.15, -0.1) is 0 Å². The molecule has 1 unspecified atom stereocenters. The number of carbonyl (C=O) groups is 2. The molecule has 7 heteroatoms. The van der Waals surface area contributed by atoms with Gasteiger partial charge in [-0.05, 0) is 61.6 Å². The van der Waals surface area contributed by atoms with Gasteiger partial charge in [0.1, 0.15) is 18.0 Å². The van der Waals surface area contributed by atoms with Crippen molar-refractivity contribution >= 4 is 33.4 Å². The van der Waals surface area contributed by atoms with Gasteiger partial charge in [-0.2, -0.15) is 0 Å². The first-order valence-corrected chi connectivity index (χ1v) is 10.9. The summed E-state index contributed by atoms with van der Waals surface area (Å²) >= 11 is 3.42. The lowest BCUT2D eigenvalue weighted by Gasteiger charge is -2.34. The van der Waals surface area contributed by atoms with E-state index in [0.29, 0.717) is 23.9 Å². The van der Waals surface area contributed by atoms with Crippen molar-refractivity contribution in [3.8, 4) is 11.5 Å². The fraction of sp³-hybridized carbons (Fsp3) is 0.391. The van der Waals surface area contributed by atoms with E-state index >= 15 is 0 Å². The van der Waals surface area contributed by atoms with E-state index < -0.39 is 0 Å². The van der Waals surface area contributed by atoms with E-state index in [0.717, 1.165) is 28.6 Å². The quantitative estimate of drug-likeness (QED) is 0.610. The summed E-state index contributed by atoms with van der Waals surface area (Å²) in [6, 6.07) is 13.4. The highest BCUT2D eigenvalue weighted by Gasteiger charge is 2.36. The largest absolute Gasteiger partial charge is 0.497 e. The Bertz CT molecular complexity index is 943. The number of benzene rings is 2. The first-order chi connectivity index (χ1) is 14.5. The van der Waals surface area contributed by atoms with Crippen molar-refractivity contribution in [1.29, 1.82) is 0 Å². The molecule has 1 atom stereocenters. The molecule has 2 aromatic carbocycles. The summed E-state index contributed by atoms with van der Waals surface area (Å²) in [5.41, 5.74) is 1.67. The molecule has 0 bridgehead atoms. The van der Waals surface area contributed by atoms with Crippen LogP contribution in [0, 0.1) is 5.92 Å². The first kappa shape index (κ1) is 20.7. The smallest absolute Gasteiger partial charge is 0.265 e. The average Bonchev–Trinajstić information content (AvgIpc) is 3.59. The molecule has 4 rings (SSSR count). The lowest BCUT2D eigenvalue weighted by Crippen LogP contribution is -2.49. The number of carbonyl (C=O) groups excluding carboxylic acids is 2. The summed E-state index contributed by atoms with van der Waals surface area (Å²) in [7, 11) is 1.63. The van der Waals surface area contributed by atoms with E-state index in [4.69, 9.17) is 9.47 Å². The molecule has 158 valence electrons. The number of ether oxygens (including phenoxy) is 2. The summed E-state index contributed by atoms with van der Waals surface area (Å²) in [5, 5.41) is 0. The number of rotatable bonds is 7. The van der Waals surface area contributed by atoms with Crippen molar-refractivity contribution in [1.82, 2.24) is 4.90 Å². The number of anilines is 1. The Labute approximate surface area is 184 Å². The molecule has 0 radical (unpaired) electrons. The van der Waals surface area contributed by atoms with Gasteiger partial charge in [0.2, 0.25) is 5.91 Å². The minimum Gasteiger partial charge on any atom is -0.497 e. The predicted octanol–water partition coefficient (Wildman–Crippen LogP) is 4.01. The molecule has 0 aromatic heterocycles. The minimum absolute atomic E-state index is 0.00401. The van der Waals surface area contributed by atoms with Crippen LogP contribution in [-0.2, 0) is 16.1 Å². The predicted molar refractivity (Wildman–Crippen MR) is 118 cm³/mol. The van der Waals surface area contributed by atoms with Crippen LogP contribution in [0.5, 0.6) is 11.5 Å². The number of nitrogens with zero attached hydrogens (tertiary/aromatic N) is 2. The van der Waals surface area contributed by atoms with Crippen molar-refractivity contribution in [2.75, 3.05) is 25.2 Å². The van der Waals surface area contributed by atoms with E-state index in [1.165, 1.54) is 4.90 Å². The van der Waals surface area contributed by atoms with Crippen LogP contribution in [0.3, 0.4) is 0 Å². The number of hydrogen-bond acceptors (Lipinski definition) is 4. The van der Waals surface area contributed by atoms with Gasteiger partial charge in [0, 0.05) is 17.1 Å². The topological polar surface area (TPSA) is 59.1 Å². The first-order valence-electron chi connectivity index (χ1n) is 10.1. The maximum absolute atomic E-state index is 13.4.